The first kappa shape index (κ1) is 22.4. The fourth-order valence-corrected chi connectivity index (χ4v) is 2.64. The largest absolute Gasteiger partial charge is 0.493 e. The maximum atomic E-state index is 12.4. The Balaban J connectivity index is 1.80. The van der Waals surface area contributed by atoms with Gasteiger partial charge >= 0.3 is 0 Å². The fraction of sp³-hybridized carbons (Fsp3) is 0.250. The summed E-state index contributed by atoms with van der Waals surface area (Å²) in [5.41, 5.74) is 5.98. The first-order chi connectivity index (χ1) is 13.9. The number of hydrogen-bond donors (Lipinski definition) is 3. The van der Waals surface area contributed by atoms with Crippen LogP contribution in [-0.2, 0) is 4.79 Å². The Bertz CT molecular complexity index is 892. The Morgan fingerprint density at radius 1 is 1.07 bits per heavy atom. The van der Waals surface area contributed by atoms with E-state index in [4.69, 9.17) is 33.3 Å². The lowest BCUT2D eigenvalue weighted by atomic mass is 10.2. The molecule has 0 unspecified atom stereocenters. The summed E-state index contributed by atoms with van der Waals surface area (Å²) in [6, 6.07) is 11.9. The summed E-state index contributed by atoms with van der Waals surface area (Å²) in [6.45, 7) is 4.06. The number of hydrogen-bond acceptors (Lipinski definition) is 5. The third kappa shape index (κ3) is 7.24. The summed E-state index contributed by atoms with van der Waals surface area (Å²) in [7, 11) is 0. The van der Waals surface area contributed by atoms with Gasteiger partial charge in [0.2, 0.25) is 0 Å². The molecule has 0 aliphatic carbocycles. The number of benzene rings is 2. The molecule has 0 saturated carbocycles. The normalized spacial score (nSPS) is 10.0. The second-order valence-corrected chi connectivity index (χ2v) is 6.84. The van der Waals surface area contributed by atoms with Gasteiger partial charge in [0.25, 0.3) is 11.8 Å². The van der Waals surface area contributed by atoms with Crippen molar-refractivity contribution in [1.29, 1.82) is 0 Å². The number of nitrogens with one attached hydrogen (secondary N) is 3. The quantitative estimate of drug-likeness (QED) is 0.457. The molecule has 0 aliphatic rings. The van der Waals surface area contributed by atoms with Crippen LogP contribution in [0.5, 0.6) is 11.5 Å². The molecule has 7 nitrogen and oxygen atoms in total. The summed E-state index contributed by atoms with van der Waals surface area (Å²) < 4.78 is 11.0. The number of carbonyl (C=O) groups is 2. The summed E-state index contributed by atoms with van der Waals surface area (Å²) in [4.78, 5) is 24.3. The van der Waals surface area contributed by atoms with Crippen molar-refractivity contribution in [2.45, 2.75) is 20.3 Å². The van der Waals surface area contributed by atoms with Gasteiger partial charge in [-0.3, -0.25) is 25.8 Å². The molecule has 2 aromatic carbocycles. The summed E-state index contributed by atoms with van der Waals surface area (Å²) in [6.07, 6.45) is 0.819. The van der Waals surface area contributed by atoms with E-state index in [0.29, 0.717) is 28.7 Å². The molecule has 3 N–H and O–H groups in total. The zero-order chi connectivity index (χ0) is 21.2. The van der Waals surface area contributed by atoms with Crippen LogP contribution >= 0.6 is 23.8 Å². The van der Waals surface area contributed by atoms with Gasteiger partial charge in [-0.1, -0.05) is 30.7 Å². The Labute approximate surface area is 179 Å². The molecule has 154 valence electrons. The number of halogens is 1. The molecule has 9 heteroatoms. The topological polar surface area (TPSA) is 88.7 Å². The van der Waals surface area contributed by atoms with Gasteiger partial charge in [-0.05, 0) is 61.5 Å². The molecule has 0 heterocycles. The SMILES string of the molecule is CCCOc1ccccc1C(=O)NC(=S)NNC(=O)COc1ccc(Cl)cc1C. The van der Waals surface area contributed by atoms with E-state index in [1.807, 2.05) is 13.8 Å². The van der Waals surface area contributed by atoms with E-state index in [1.54, 1.807) is 42.5 Å². The molecule has 2 aromatic rings. The van der Waals surface area contributed by atoms with Gasteiger partial charge < -0.3 is 9.47 Å². The highest BCUT2D eigenvalue weighted by molar-refractivity contribution is 7.80. The number of thiocarbonyl (C=S) groups is 1. The molecule has 0 aromatic heterocycles. The molecule has 2 amide bonds. The molecule has 0 spiro atoms. The highest BCUT2D eigenvalue weighted by Crippen LogP contribution is 2.21. The van der Waals surface area contributed by atoms with E-state index in [0.717, 1.165) is 12.0 Å². The number of para-hydroxylation sites is 1. The zero-order valence-corrected chi connectivity index (χ0v) is 17.7. The molecule has 2 rings (SSSR count). The third-order valence-electron chi connectivity index (χ3n) is 3.63. The number of amides is 2. The molecule has 29 heavy (non-hydrogen) atoms. The minimum atomic E-state index is -0.470. The van der Waals surface area contributed by atoms with E-state index in [1.165, 1.54) is 0 Å². The Hall–Kier alpha value is -2.84. The standard InChI is InChI=1S/C20H22ClN3O4S/c1-3-10-27-17-7-5-4-6-15(17)19(26)22-20(29)24-23-18(25)12-28-16-9-8-14(21)11-13(16)2/h4-9,11H,3,10,12H2,1-2H3,(H,23,25)(H2,22,24,26,29). The summed E-state index contributed by atoms with van der Waals surface area (Å²) >= 11 is 10.9. The molecule has 0 aliphatic heterocycles. The monoisotopic (exact) mass is 435 g/mol. The van der Waals surface area contributed by atoms with E-state index in [-0.39, 0.29) is 11.7 Å². The van der Waals surface area contributed by atoms with Gasteiger partial charge in [-0.25, -0.2) is 0 Å². The van der Waals surface area contributed by atoms with Crippen LogP contribution in [0.3, 0.4) is 0 Å². The van der Waals surface area contributed by atoms with Gasteiger partial charge in [0, 0.05) is 5.02 Å². The Morgan fingerprint density at radius 2 is 1.83 bits per heavy atom. The Kier molecular flexibility index (Phi) is 8.69. The number of rotatable bonds is 7. The van der Waals surface area contributed by atoms with Crippen LogP contribution in [0.25, 0.3) is 0 Å². The van der Waals surface area contributed by atoms with Crippen LogP contribution in [0, 0.1) is 6.92 Å². The fourth-order valence-electron chi connectivity index (χ4n) is 2.27. The molecular formula is C20H22ClN3O4S. The first-order valence-corrected chi connectivity index (χ1v) is 9.70. The van der Waals surface area contributed by atoms with Crippen molar-refractivity contribution in [3.8, 4) is 11.5 Å². The van der Waals surface area contributed by atoms with E-state index >= 15 is 0 Å². The van der Waals surface area contributed by atoms with Crippen LogP contribution in [0.1, 0.15) is 29.3 Å². The first-order valence-electron chi connectivity index (χ1n) is 8.91. The van der Waals surface area contributed by atoms with Crippen molar-refractivity contribution in [2.24, 2.45) is 0 Å². The second kappa shape index (κ2) is 11.2. The lowest BCUT2D eigenvalue weighted by Gasteiger charge is -2.14. The third-order valence-corrected chi connectivity index (χ3v) is 4.07. The smallest absolute Gasteiger partial charge is 0.276 e. The maximum Gasteiger partial charge on any atom is 0.276 e. The van der Waals surface area contributed by atoms with Crippen molar-refractivity contribution in [3.63, 3.8) is 0 Å². The molecular weight excluding hydrogens is 414 g/mol. The van der Waals surface area contributed by atoms with Crippen LogP contribution in [-0.4, -0.2) is 30.1 Å². The van der Waals surface area contributed by atoms with E-state index in [2.05, 4.69) is 16.2 Å². The van der Waals surface area contributed by atoms with Gasteiger partial charge in [-0.15, -0.1) is 0 Å². The molecule has 0 atom stereocenters. The van der Waals surface area contributed by atoms with Gasteiger partial charge in [0.15, 0.2) is 11.7 Å². The van der Waals surface area contributed by atoms with Crippen LogP contribution in [0.2, 0.25) is 5.02 Å². The molecule has 0 fully saturated rings. The predicted molar refractivity (Wildman–Crippen MR) is 115 cm³/mol. The van der Waals surface area contributed by atoms with E-state index < -0.39 is 11.8 Å². The van der Waals surface area contributed by atoms with Crippen LogP contribution < -0.4 is 25.6 Å². The highest BCUT2D eigenvalue weighted by atomic mass is 35.5. The minimum absolute atomic E-state index is 0.0590. The average molecular weight is 436 g/mol. The molecule has 0 radical (unpaired) electrons. The van der Waals surface area contributed by atoms with Gasteiger partial charge in [0.1, 0.15) is 11.5 Å². The Morgan fingerprint density at radius 3 is 2.55 bits per heavy atom. The zero-order valence-electron chi connectivity index (χ0n) is 16.1. The number of hydrazine groups is 1. The van der Waals surface area contributed by atoms with Crippen LogP contribution in [0.4, 0.5) is 0 Å². The van der Waals surface area contributed by atoms with Crippen molar-refractivity contribution < 1.29 is 19.1 Å². The predicted octanol–water partition coefficient (Wildman–Crippen LogP) is 3.15. The summed E-state index contributed by atoms with van der Waals surface area (Å²) in [5.74, 6) is 0.0913. The lowest BCUT2D eigenvalue weighted by molar-refractivity contribution is -0.123. The molecule has 0 bridgehead atoms. The highest BCUT2D eigenvalue weighted by Gasteiger charge is 2.14. The number of carbonyl (C=O) groups excluding carboxylic acids is 2. The lowest BCUT2D eigenvalue weighted by Crippen LogP contribution is -2.49. The van der Waals surface area contributed by atoms with Crippen molar-refractivity contribution in [2.75, 3.05) is 13.2 Å². The number of aryl methyl sites for hydroxylation is 1. The minimum Gasteiger partial charge on any atom is -0.493 e. The number of ether oxygens (including phenoxy) is 2. The second-order valence-electron chi connectivity index (χ2n) is 6.00. The van der Waals surface area contributed by atoms with Crippen molar-refractivity contribution >= 4 is 40.7 Å². The maximum absolute atomic E-state index is 12.4. The van der Waals surface area contributed by atoms with E-state index in [9.17, 15) is 9.59 Å². The van der Waals surface area contributed by atoms with Gasteiger partial charge in [0.05, 0.1) is 12.2 Å². The molecule has 0 saturated heterocycles. The van der Waals surface area contributed by atoms with Crippen molar-refractivity contribution in [3.05, 3.63) is 58.6 Å². The van der Waals surface area contributed by atoms with Crippen molar-refractivity contribution in [1.82, 2.24) is 16.2 Å². The average Bonchev–Trinajstić information content (AvgIpc) is 2.70. The van der Waals surface area contributed by atoms with Gasteiger partial charge in [-0.2, -0.15) is 0 Å². The summed E-state index contributed by atoms with van der Waals surface area (Å²) in [5, 5.41) is 3.02. The van der Waals surface area contributed by atoms with Crippen LogP contribution in [0.15, 0.2) is 42.5 Å².